The summed E-state index contributed by atoms with van der Waals surface area (Å²) < 4.78 is 4.60. The normalized spacial score (nSPS) is 11.0. The molecule has 0 radical (unpaired) electrons. The average Bonchev–Trinajstić information content (AvgIpc) is 2.92. The van der Waals surface area contributed by atoms with Crippen molar-refractivity contribution >= 4 is 28.3 Å². The number of halogens is 1. The average molecular weight is 318 g/mol. The van der Waals surface area contributed by atoms with Gasteiger partial charge in [0.15, 0.2) is 5.52 Å². The summed E-state index contributed by atoms with van der Waals surface area (Å²) in [4.78, 5) is 11.0. The number of nitro groups is 1. The number of hydrogen-bond donors (Lipinski definition) is 0. The third-order valence-electron chi connectivity index (χ3n) is 3.61. The van der Waals surface area contributed by atoms with Gasteiger partial charge in [-0.25, -0.2) is 4.63 Å². The van der Waals surface area contributed by atoms with Crippen LogP contribution in [0.4, 0.5) is 5.69 Å². The van der Waals surface area contributed by atoms with Gasteiger partial charge in [0, 0.05) is 12.0 Å². The first kappa shape index (κ1) is 14.5. The van der Waals surface area contributed by atoms with Crippen LogP contribution in [-0.4, -0.2) is 15.2 Å². The summed E-state index contributed by atoms with van der Waals surface area (Å²) in [5.74, 6) is 0. The van der Waals surface area contributed by atoms with Crippen LogP contribution in [0.15, 0.2) is 28.9 Å². The highest BCUT2D eigenvalue weighted by Gasteiger charge is 2.25. The zero-order valence-electron chi connectivity index (χ0n) is 12.0. The highest BCUT2D eigenvalue weighted by Crippen LogP contribution is 2.34. The summed E-state index contributed by atoms with van der Waals surface area (Å²) in [6, 6.07) is 7.57. The summed E-state index contributed by atoms with van der Waals surface area (Å²) in [5.41, 5.74) is 3.84. The van der Waals surface area contributed by atoms with E-state index in [2.05, 4.69) is 14.9 Å². The van der Waals surface area contributed by atoms with Crippen LogP contribution in [0.5, 0.6) is 0 Å². The second-order valence-corrected chi connectivity index (χ2v) is 5.60. The fraction of sp³-hybridized carbons (Fsp3) is 0.200. The lowest BCUT2D eigenvalue weighted by atomic mass is 9.97. The second-order valence-electron chi connectivity index (χ2n) is 5.19. The fourth-order valence-electron chi connectivity index (χ4n) is 2.48. The van der Waals surface area contributed by atoms with Crippen molar-refractivity contribution in [3.63, 3.8) is 0 Å². The second kappa shape index (κ2) is 5.38. The van der Waals surface area contributed by atoms with E-state index in [1.807, 2.05) is 32.0 Å². The predicted molar refractivity (Wildman–Crippen MR) is 82.2 cm³/mol. The van der Waals surface area contributed by atoms with Gasteiger partial charge in [0.25, 0.3) is 0 Å². The van der Waals surface area contributed by atoms with Gasteiger partial charge in [-0.1, -0.05) is 35.4 Å². The van der Waals surface area contributed by atoms with Gasteiger partial charge >= 0.3 is 5.69 Å². The number of aromatic nitrogens is 2. The molecule has 1 heterocycles. The first-order chi connectivity index (χ1) is 10.5. The Hall–Kier alpha value is -2.47. The number of aryl methyl sites for hydroxylation is 2. The van der Waals surface area contributed by atoms with Crippen molar-refractivity contribution < 1.29 is 9.55 Å². The van der Waals surface area contributed by atoms with Crippen LogP contribution in [-0.2, 0) is 6.42 Å². The molecule has 0 aliphatic carbocycles. The fourth-order valence-corrected chi connectivity index (χ4v) is 2.73. The Morgan fingerprint density at radius 3 is 2.64 bits per heavy atom. The topological polar surface area (TPSA) is 82.1 Å². The summed E-state index contributed by atoms with van der Waals surface area (Å²) >= 11 is 6.13. The lowest BCUT2D eigenvalue weighted by Crippen LogP contribution is -2.00. The van der Waals surface area contributed by atoms with Crippen LogP contribution in [0, 0.1) is 24.0 Å². The molecule has 0 saturated carbocycles. The van der Waals surface area contributed by atoms with E-state index in [4.69, 9.17) is 11.6 Å². The molecule has 0 N–H and O–H groups in total. The van der Waals surface area contributed by atoms with Crippen LogP contribution >= 0.6 is 11.6 Å². The number of rotatable bonds is 3. The molecule has 0 bridgehead atoms. The van der Waals surface area contributed by atoms with Gasteiger partial charge < -0.3 is 0 Å². The molecule has 0 unspecified atom stereocenters. The number of nitrogens with zero attached hydrogens (tertiary/aromatic N) is 3. The zero-order valence-corrected chi connectivity index (χ0v) is 12.7. The van der Waals surface area contributed by atoms with Crippen LogP contribution in [0.2, 0.25) is 5.02 Å². The molecule has 3 rings (SSSR count). The SMILES string of the molecule is Cc1ccc(C)c(Cc2cc(Cl)c3nonc3c2[N+](=O)[O-])c1. The van der Waals surface area contributed by atoms with Gasteiger partial charge in [-0.15, -0.1) is 0 Å². The Bertz CT molecular complexity index is 889. The monoisotopic (exact) mass is 317 g/mol. The van der Waals surface area contributed by atoms with E-state index in [0.717, 1.165) is 16.7 Å². The molecule has 0 aliphatic heterocycles. The minimum Gasteiger partial charge on any atom is -0.258 e. The Balaban J connectivity index is 2.19. The van der Waals surface area contributed by atoms with Gasteiger partial charge in [0.05, 0.1) is 9.95 Å². The van der Waals surface area contributed by atoms with Crippen molar-refractivity contribution in [2.75, 3.05) is 0 Å². The predicted octanol–water partition coefficient (Wildman–Crippen LogP) is 3.99. The summed E-state index contributed by atoms with van der Waals surface area (Å²) in [6.07, 6.45) is 0.395. The van der Waals surface area contributed by atoms with Crippen LogP contribution in [0.25, 0.3) is 11.0 Å². The molecule has 1 aromatic heterocycles. The van der Waals surface area contributed by atoms with Crippen LogP contribution < -0.4 is 0 Å². The van der Waals surface area contributed by atoms with Gasteiger partial charge in [-0.2, -0.15) is 0 Å². The lowest BCUT2D eigenvalue weighted by Gasteiger charge is -2.08. The molecule has 0 aliphatic rings. The molecule has 0 atom stereocenters. The minimum absolute atomic E-state index is 0.0813. The Morgan fingerprint density at radius 2 is 1.91 bits per heavy atom. The van der Waals surface area contributed by atoms with Crippen molar-refractivity contribution in [1.82, 2.24) is 10.3 Å². The molecular formula is C15H12ClN3O3. The standard InChI is InChI=1S/C15H12ClN3O3/c1-8-3-4-9(2)10(5-8)6-11-7-12(16)13-14(18-22-17-13)15(11)19(20)21/h3-5,7H,6H2,1-2H3. The molecule has 7 heteroatoms. The number of nitro benzene ring substituents is 1. The highest BCUT2D eigenvalue weighted by molar-refractivity contribution is 6.35. The van der Waals surface area contributed by atoms with Gasteiger partial charge in [0.1, 0.15) is 0 Å². The molecule has 3 aromatic rings. The molecule has 0 spiro atoms. The first-order valence-electron chi connectivity index (χ1n) is 6.61. The maximum absolute atomic E-state index is 11.4. The molecule has 22 heavy (non-hydrogen) atoms. The van der Waals surface area contributed by atoms with Gasteiger partial charge in [-0.05, 0) is 41.4 Å². The summed E-state index contributed by atoms with van der Waals surface area (Å²) in [6.45, 7) is 3.95. The van der Waals surface area contributed by atoms with E-state index in [-0.39, 0.29) is 16.7 Å². The minimum atomic E-state index is -0.469. The maximum atomic E-state index is 11.4. The van der Waals surface area contributed by atoms with E-state index in [0.29, 0.717) is 17.0 Å². The maximum Gasteiger partial charge on any atom is 0.304 e. The van der Waals surface area contributed by atoms with E-state index in [9.17, 15) is 10.1 Å². The summed E-state index contributed by atoms with van der Waals surface area (Å²) in [5, 5.41) is 19.0. The van der Waals surface area contributed by atoms with Gasteiger partial charge in [-0.3, -0.25) is 10.1 Å². The zero-order chi connectivity index (χ0) is 15.9. The molecular weight excluding hydrogens is 306 g/mol. The smallest absolute Gasteiger partial charge is 0.258 e. The highest BCUT2D eigenvalue weighted by atomic mass is 35.5. The molecule has 0 amide bonds. The molecule has 112 valence electrons. The van der Waals surface area contributed by atoms with Crippen molar-refractivity contribution in [3.05, 3.63) is 61.7 Å². The third-order valence-corrected chi connectivity index (χ3v) is 3.90. The van der Waals surface area contributed by atoms with E-state index < -0.39 is 4.92 Å². The van der Waals surface area contributed by atoms with E-state index in [1.54, 1.807) is 6.07 Å². The Morgan fingerprint density at radius 1 is 1.18 bits per heavy atom. The van der Waals surface area contributed by atoms with Crippen molar-refractivity contribution in [1.29, 1.82) is 0 Å². The number of hydrogen-bond acceptors (Lipinski definition) is 5. The summed E-state index contributed by atoms with van der Waals surface area (Å²) in [7, 11) is 0. The first-order valence-corrected chi connectivity index (χ1v) is 6.99. The number of fused-ring (bicyclic) bond motifs is 1. The molecule has 6 nitrogen and oxygen atoms in total. The van der Waals surface area contributed by atoms with Crippen LogP contribution in [0.1, 0.15) is 22.3 Å². The van der Waals surface area contributed by atoms with Crippen molar-refractivity contribution in [3.8, 4) is 0 Å². The molecule has 0 fully saturated rings. The van der Waals surface area contributed by atoms with E-state index >= 15 is 0 Å². The quantitative estimate of drug-likeness (QED) is 0.538. The third kappa shape index (κ3) is 2.42. The molecule has 2 aromatic carbocycles. The van der Waals surface area contributed by atoms with Crippen molar-refractivity contribution in [2.45, 2.75) is 20.3 Å². The van der Waals surface area contributed by atoms with Crippen LogP contribution in [0.3, 0.4) is 0 Å². The van der Waals surface area contributed by atoms with Gasteiger partial charge in [0.2, 0.25) is 5.52 Å². The lowest BCUT2D eigenvalue weighted by molar-refractivity contribution is -0.383. The molecule has 0 saturated heterocycles. The number of benzene rings is 2. The largest absolute Gasteiger partial charge is 0.304 e. The Kier molecular flexibility index (Phi) is 3.54. The van der Waals surface area contributed by atoms with Crippen molar-refractivity contribution in [2.24, 2.45) is 0 Å². The Labute approximate surface area is 130 Å². The van der Waals surface area contributed by atoms with E-state index in [1.165, 1.54) is 0 Å².